The van der Waals surface area contributed by atoms with E-state index >= 15 is 0 Å². The molecule has 0 spiro atoms. The normalized spacial score (nSPS) is 21.9. The smallest absolute Gasteiger partial charge is 0.240 e. The molecule has 1 heterocycles. The molecule has 2 amide bonds. The summed E-state index contributed by atoms with van der Waals surface area (Å²) in [7, 11) is 1.56. The Hall–Kier alpha value is -2.93. The minimum absolute atomic E-state index is 0.0510. The van der Waals surface area contributed by atoms with Crippen molar-refractivity contribution in [2.75, 3.05) is 38.3 Å². The molecule has 0 bridgehead atoms. The summed E-state index contributed by atoms with van der Waals surface area (Å²) in [6, 6.07) is 13.4. The van der Waals surface area contributed by atoms with Crippen molar-refractivity contribution >= 4 is 17.5 Å². The maximum atomic E-state index is 13.4. The number of rotatable bonds is 8. The highest BCUT2D eigenvalue weighted by Gasteiger charge is 2.66. The highest BCUT2D eigenvalue weighted by atomic mass is 19.1. The molecule has 2 unspecified atom stereocenters. The summed E-state index contributed by atoms with van der Waals surface area (Å²) >= 11 is 0. The number of halogens is 1. The Balaban J connectivity index is 1.52. The molecule has 1 saturated carbocycles. The van der Waals surface area contributed by atoms with Gasteiger partial charge in [0.1, 0.15) is 24.7 Å². The van der Waals surface area contributed by atoms with Crippen LogP contribution >= 0.6 is 0 Å². The molecule has 1 aliphatic heterocycles. The van der Waals surface area contributed by atoms with Crippen molar-refractivity contribution in [3.63, 3.8) is 0 Å². The van der Waals surface area contributed by atoms with E-state index in [-0.39, 0.29) is 36.7 Å². The van der Waals surface area contributed by atoms with Crippen LogP contribution in [0.4, 0.5) is 10.1 Å². The maximum Gasteiger partial charge on any atom is 0.240 e. The molecule has 29 heavy (non-hydrogen) atoms. The van der Waals surface area contributed by atoms with Crippen molar-refractivity contribution in [1.82, 2.24) is 5.32 Å². The number of para-hydroxylation sites is 1. The third kappa shape index (κ3) is 3.70. The largest absolute Gasteiger partial charge is 0.492 e. The van der Waals surface area contributed by atoms with Crippen molar-refractivity contribution in [1.29, 1.82) is 0 Å². The molecule has 0 aromatic heterocycles. The van der Waals surface area contributed by atoms with E-state index in [4.69, 9.17) is 9.47 Å². The Morgan fingerprint density at radius 3 is 2.76 bits per heavy atom. The van der Waals surface area contributed by atoms with Crippen molar-refractivity contribution < 1.29 is 23.5 Å². The van der Waals surface area contributed by atoms with Gasteiger partial charge in [-0.05, 0) is 42.3 Å². The molecule has 152 valence electrons. The zero-order valence-electron chi connectivity index (χ0n) is 16.2. The Morgan fingerprint density at radius 2 is 2.00 bits per heavy atom. The molecule has 2 atom stereocenters. The highest BCUT2D eigenvalue weighted by Crippen LogP contribution is 2.65. The van der Waals surface area contributed by atoms with Crippen molar-refractivity contribution in [3.05, 3.63) is 59.9 Å². The number of hydrogen-bond acceptors (Lipinski definition) is 4. The summed E-state index contributed by atoms with van der Waals surface area (Å²) in [5, 5.41) is 2.76. The first kappa shape index (κ1) is 19.4. The summed E-state index contributed by atoms with van der Waals surface area (Å²) in [5.41, 5.74) is 1.15. The number of nitrogens with one attached hydrogen (secondary N) is 1. The summed E-state index contributed by atoms with van der Waals surface area (Å²) in [5.74, 6) is -0.0985. The van der Waals surface area contributed by atoms with Crippen molar-refractivity contribution in [2.24, 2.45) is 5.41 Å². The lowest BCUT2D eigenvalue weighted by atomic mass is 9.92. The Kier molecular flexibility index (Phi) is 5.24. The molecule has 4 rings (SSSR count). The van der Waals surface area contributed by atoms with Gasteiger partial charge in [-0.15, -0.1) is 0 Å². The fourth-order valence-electron chi connectivity index (χ4n) is 3.97. The molecule has 6 nitrogen and oxygen atoms in total. The average Bonchev–Trinajstić information content (AvgIpc) is 3.47. The van der Waals surface area contributed by atoms with Crippen LogP contribution in [-0.4, -0.2) is 45.2 Å². The van der Waals surface area contributed by atoms with Gasteiger partial charge in [-0.3, -0.25) is 9.59 Å². The van der Waals surface area contributed by atoms with E-state index in [0.29, 0.717) is 25.3 Å². The van der Waals surface area contributed by atoms with E-state index in [1.807, 2.05) is 24.3 Å². The van der Waals surface area contributed by atoms with E-state index in [1.54, 1.807) is 24.1 Å². The molecule has 2 aliphatic rings. The quantitative estimate of drug-likeness (QED) is 0.694. The minimum atomic E-state index is -0.685. The van der Waals surface area contributed by atoms with E-state index < -0.39 is 5.41 Å². The topological polar surface area (TPSA) is 67.9 Å². The van der Waals surface area contributed by atoms with Gasteiger partial charge in [-0.2, -0.15) is 0 Å². The number of benzene rings is 2. The lowest BCUT2D eigenvalue weighted by Gasteiger charge is -2.33. The molecule has 1 fully saturated rings. The molecule has 7 heteroatoms. The second-order valence-corrected chi connectivity index (χ2v) is 7.45. The van der Waals surface area contributed by atoms with Crippen LogP contribution in [0.5, 0.6) is 5.75 Å². The third-order valence-corrected chi connectivity index (χ3v) is 5.59. The predicted molar refractivity (Wildman–Crippen MR) is 105 cm³/mol. The molecule has 0 radical (unpaired) electrons. The number of fused-ring (bicyclic) bond motifs is 3. The summed E-state index contributed by atoms with van der Waals surface area (Å²) in [6.45, 7) is 0.942. The molecule has 2 aromatic carbocycles. The van der Waals surface area contributed by atoms with Gasteiger partial charge >= 0.3 is 0 Å². The van der Waals surface area contributed by atoms with E-state index in [1.165, 1.54) is 12.1 Å². The average molecular weight is 398 g/mol. The van der Waals surface area contributed by atoms with Crippen LogP contribution in [0, 0.1) is 11.2 Å². The predicted octanol–water partition coefficient (Wildman–Crippen LogP) is 2.49. The number of carbonyl (C=O) groups excluding carboxylic acids is 2. The van der Waals surface area contributed by atoms with Crippen LogP contribution in [-0.2, 0) is 14.3 Å². The standard InChI is InChI=1S/C22H23FN2O4/c1-28-11-10-24-20(26)13-25-19-5-3-2-4-17(19)18-12-22(18,21(25)27)14-29-16-8-6-15(23)7-9-16/h2-9,18H,10-14H2,1H3,(H,24,26). The molecule has 0 saturated heterocycles. The van der Waals surface area contributed by atoms with Gasteiger partial charge in [0.25, 0.3) is 0 Å². The SMILES string of the molecule is COCCNC(=O)CN1C(=O)C2(COc3ccc(F)cc3)CC2c2ccccc21. The van der Waals surface area contributed by atoms with Gasteiger partial charge in [-0.25, -0.2) is 4.39 Å². The van der Waals surface area contributed by atoms with Crippen LogP contribution in [0.2, 0.25) is 0 Å². The van der Waals surface area contributed by atoms with Crippen LogP contribution in [0.25, 0.3) is 0 Å². The molecule has 1 aliphatic carbocycles. The van der Waals surface area contributed by atoms with Gasteiger partial charge in [0.2, 0.25) is 11.8 Å². The van der Waals surface area contributed by atoms with Gasteiger partial charge in [0.15, 0.2) is 0 Å². The maximum absolute atomic E-state index is 13.4. The van der Waals surface area contributed by atoms with E-state index in [2.05, 4.69) is 5.32 Å². The molecule has 2 aromatic rings. The van der Waals surface area contributed by atoms with Gasteiger partial charge < -0.3 is 19.7 Å². The van der Waals surface area contributed by atoms with Gasteiger partial charge in [0, 0.05) is 25.3 Å². The summed E-state index contributed by atoms with van der Waals surface area (Å²) < 4.78 is 23.9. The number of ether oxygens (including phenoxy) is 2. The first-order chi connectivity index (χ1) is 14.0. The Bertz CT molecular complexity index is 917. The van der Waals surface area contributed by atoms with E-state index in [0.717, 1.165) is 11.3 Å². The third-order valence-electron chi connectivity index (χ3n) is 5.59. The van der Waals surface area contributed by atoms with Crippen LogP contribution < -0.4 is 15.0 Å². The number of nitrogens with zero attached hydrogens (tertiary/aromatic N) is 1. The van der Waals surface area contributed by atoms with Crippen molar-refractivity contribution in [3.8, 4) is 5.75 Å². The fraction of sp³-hybridized carbons (Fsp3) is 0.364. The zero-order chi connectivity index (χ0) is 20.4. The summed E-state index contributed by atoms with van der Waals surface area (Å²) in [6.07, 6.45) is 0.672. The number of carbonyl (C=O) groups is 2. The second-order valence-electron chi connectivity index (χ2n) is 7.45. The Labute approximate surface area is 168 Å². The van der Waals surface area contributed by atoms with E-state index in [9.17, 15) is 14.0 Å². The first-order valence-electron chi connectivity index (χ1n) is 9.60. The highest BCUT2D eigenvalue weighted by molar-refractivity contribution is 6.07. The fourth-order valence-corrected chi connectivity index (χ4v) is 3.97. The lowest BCUT2D eigenvalue weighted by Crippen LogP contribution is -2.48. The van der Waals surface area contributed by atoms with Crippen LogP contribution in [0.15, 0.2) is 48.5 Å². The number of methoxy groups -OCH3 is 1. The minimum Gasteiger partial charge on any atom is -0.492 e. The molecule has 1 N–H and O–H groups in total. The molecular formula is C22H23FN2O4. The van der Waals surface area contributed by atoms with Crippen molar-refractivity contribution in [2.45, 2.75) is 12.3 Å². The monoisotopic (exact) mass is 398 g/mol. The summed E-state index contributed by atoms with van der Waals surface area (Å²) in [4.78, 5) is 27.3. The first-order valence-corrected chi connectivity index (χ1v) is 9.60. The lowest BCUT2D eigenvalue weighted by molar-refractivity contribution is -0.128. The Morgan fingerprint density at radius 1 is 1.24 bits per heavy atom. The van der Waals surface area contributed by atoms with Crippen LogP contribution in [0.3, 0.4) is 0 Å². The van der Waals surface area contributed by atoms with Gasteiger partial charge in [0.05, 0.1) is 12.0 Å². The number of hydrogen-bond donors (Lipinski definition) is 1. The number of anilines is 1. The molecular weight excluding hydrogens is 375 g/mol. The van der Waals surface area contributed by atoms with Crippen LogP contribution in [0.1, 0.15) is 17.9 Å². The van der Waals surface area contributed by atoms with Gasteiger partial charge in [-0.1, -0.05) is 18.2 Å². The zero-order valence-corrected chi connectivity index (χ0v) is 16.2. The second kappa shape index (κ2) is 7.83. The number of amides is 2.